The van der Waals surface area contributed by atoms with E-state index in [-0.39, 0.29) is 34.5 Å². The maximum absolute atomic E-state index is 13.5. The molecule has 20 heteroatoms. The number of nitrogens with two attached hydrogens (primary N) is 1. The number of amides is 2. The minimum Gasteiger partial charge on any atom is -0.485 e. The molecule has 4 heterocycles. The van der Waals surface area contributed by atoms with Crippen molar-refractivity contribution < 1.29 is 46.3 Å². The topological polar surface area (TPSA) is 268 Å². The summed E-state index contributed by atoms with van der Waals surface area (Å²) in [5.74, 6) is -2.76. The minimum absolute atomic E-state index is 0.0431. The second-order valence-electron chi connectivity index (χ2n) is 13.7. The number of rotatable bonds is 11. The molecule has 272 valence electrons. The van der Waals surface area contributed by atoms with E-state index in [4.69, 9.17) is 25.3 Å². The standard InChI is InChI=1S/C30H40N8O10S2/c1-28(2)14-33-11-10-19(28)35-23(31)16-6-8-18-15(12-16)7-9-20(46-18)30(5,26(41)42)47-37-21(17-13-49-27(32)34-17)24(39)36-22-25(40)38(29(22,3)4)48-50(43,44)45/h6,8,12-13,19-20,22,33H,7,9-11,14H2,1-5H3,(H2,31,35)(H2,32,34)(H,36,39)(H,41,42)(H,43,44,45)/b37-21-/t19-,20+,22+,30?/m0/s1. The number of carbonyl (C=O) groups is 3. The van der Waals surface area contributed by atoms with Gasteiger partial charge in [0.25, 0.3) is 17.4 Å². The zero-order valence-corrected chi connectivity index (χ0v) is 29.6. The Morgan fingerprint density at radius 3 is 2.58 bits per heavy atom. The number of amidine groups is 1. The lowest BCUT2D eigenvalue weighted by atomic mass is 9.80. The number of nitrogen functional groups attached to an aromatic ring is 1. The average molecular weight is 737 g/mol. The van der Waals surface area contributed by atoms with Gasteiger partial charge in [-0.1, -0.05) is 19.0 Å². The number of aliphatic carboxylic acids is 1. The molecule has 1 aromatic heterocycles. The molecule has 2 saturated heterocycles. The summed E-state index contributed by atoms with van der Waals surface area (Å²) in [6.45, 7) is 9.98. The van der Waals surface area contributed by atoms with Gasteiger partial charge in [-0.05, 0) is 75.8 Å². The maximum Gasteiger partial charge on any atom is 0.418 e. The van der Waals surface area contributed by atoms with E-state index in [0.717, 1.165) is 36.4 Å². The number of hydrogen-bond acceptors (Lipinski definition) is 14. The van der Waals surface area contributed by atoms with E-state index in [1.807, 2.05) is 6.07 Å². The molecule has 4 atom stereocenters. The fraction of sp³-hybridized carbons (Fsp3) is 0.533. The Bertz CT molecular complexity index is 1850. The molecule has 1 aromatic carbocycles. The fourth-order valence-electron chi connectivity index (χ4n) is 6.02. The second-order valence-corrected chi connectivity index (χ2v) is 15.6. The van der Waals surface area contributed by atoms with Crippen molar-refractivity contribution in [3.63, 3.8) is 0 Å². The molecule has 3 aliphatic heterocycles. The Kier molecular flexibility index (Phi) is 9.89. The van der Waals surface area contributed by atoms with E-state index >= 15 is 0 Å². The van der Waals surface area contributed by atoms with Crippen LogP contribution in [0, 0.1) is 10.8 Å². The predicted octanol–water partition coefficient (Wildman–Crippen LogP) is 0.826. The average Bonchev–Trinajstić information content (AvgIpc) is 3.47. The Morgan fingerprint density at radius 2 is 1.98 bits per heavy atom. The number of carboxylic acid groups (broad SMARTS) is 1. The van der Waals surface area contributed by atoms with Crippen LogP contribution in [0.15, 0.2) is 28.7 Å². The van der Waals surface area contributed by atoms with Crippen LogP contribution >= 0.6 is 11.3 Å². The first-order valence-electron chi connectivity index (χ1n) is 15.6. The summed E-state index contributed by atoms with van der Waals surface area (Å²) in [7, 11) is -5.03. The lowest BCUT2D eigenvalue weighted by Crippen LogP contribution is -2.76. The van der Waals surface area contributed by atoms with Crippen LogP contribution < -0.4 is 26.4 Å². The number of hydroxylamine groups is 2. The molecular formula is C30H40N8O10S2. The van der Waals surface area contributed by atoms with Crippen molar-refractivity contribution in [2.75, 3.05) is 18.8 Å². The van der Waals surface area contributed by atoms with E-state index in [1.54, 1.807) is 12.1 Å². The predicted molar refractivity (Wildman–Crippen MR) is 180 cm³/mol. The number of carboxylic acids is 1. The van der Waals surface area contributed by atoms with Gasteiger partial charge in [0, 0.05) is 23.5 Å². The van der Waals surface area contributed by atoms with Gasteiger partial charge in [-0.3, -0.25) is 19.6 Å². The van der Waals surface area contributed by atoms with Gasteiger partial charge in [0.05, 0.1) is 5.54 Å². The molecule has 18 nitrogen and oxygen atoms in total. The number of anilines is 1. The highest BCUT2D eigenvalue weighted by Gasteiger charge is 2.58. The third-order valence-electron chi connectivity index (χ3n) is 9.21. The smallest absolute Gasteiger partial charge is 0.418 e. The van der Waals surface area contributed by atoms with Crippen LogP contribution in [0.5, 0.6) is 5.75 Å². The number of nitrogens with zero attached hydrogens (tertiary/aromatic N) is 3. The number of oxime groups is 1. The monoisotopic (exact) mass is 736 g/mol. The molecule has 1 unspecified atom stereocenters. The summed E-state index contributed by atoms with van der Waals surface area (Å²) >= 11 is 0.966. The molecule has 0 radical (unpaired) electrons. The lowest BCUT2D eigenvalue weighted by molar-refractivity contribution is -0.218. The number of β-lactam (4-membered cyclic amide) rings is 1. The first-order valence-corrected chi connectivity index (χ1v) is 17.9. The highest BCUT2D eigenvalue weighted by molar-refractivity contribution is 7.80. The van der Waals surface area contributed by atoms with E-state index in [9.17, 15) is 27.9 Å². The third kappa shape index (κ3) is 7.38. The molecule has 8 N–H and O–H groups in total. The number of aromatic nitrogens is 1. The van der Waals surface area contributed by atoms with Gasteiger partial charge in [-0.2, -0.15) is 13.5 Å². The van der Waals surface area contributed by atoms with E-state index in [2.05, 4.69) is 44.2 Å². The van der Waals surface area contributed by atoms with Crippen LogP contribution in [-0.2, 0) is 40.3 Å². The van der Waals surface area contributed by atoms with Crippen molar-refractivity contribution >= 4 is 56.2 Å². The van der Waals surface area contributed by atoms with Gasteiger partial charge in [0.2, 0.25) is 0 Å². The van der Waals surface area contributed by atoms with Crippen LogP contribution in [-0.4, -0.2) is 99.9 Å². The number of benzene rings is 1. The Morgan fingerprint density at radius 1 is 1.26 bits per heavy atom. The number of piperidine rings is 1. The summed E-state index contributed by atoms with van der Waals surface area (Å²) < 4.78 is 41.8. The van der Waals surface area contributed by atoms with Crippen molar-refractivity contribution in [1.82, 2.24) is 26.0 Å². The van der Waals surface area contributed by atoms with Gasteiger partial charge < -0.3 is 36.4 Å². The number of aryl methyl sites for hydroxylation is 1. The van der Waals surface area contributed by atoms with Gasteiger partial charge in [-0.15, -0.1) is 15.6 Å². The number of fused-ring (bicyclic) bond motifs is 1. The third-order valence-corrected chi connectivity index (χ3v) is 10.2. The largest absolute Gasteiger partial charge is 0.485 e. The highest BCUT2D eigenvalue weighted by Crippen LogP contribution is 2.36. The number of hydrogen-bond donors (Lipinski definition) is 7. The molecule has 5 rings (SSSR count). The van der Waals surface area contributed by atoms with Crippen LogP contribution in [0.25, 0.3) is 0 Å². The molecule has 50 heavy (non-hydrogen) atoms. The van der Waals surface area contributed by atoms with Gasteiger partial charge >= 0.3 is 16.4 Å². The molecule has 2 fully saturated rings. The van der Waals surface area contributed by atoms with Crippen molar-refractivity contribution in [1.29, 1.82) is 5.41 Å². The van der Waals surface area contributed by atoms with Crippen LogP contribution in [0.4, 0.5) is 5.13 Å². The molecule has 3 aliphatic rings. The first-order chi connectivity index (χ1) is 23.2. The summed E-state index contributed by atoms with van der Waals surface area (Å²) in [5, 5.41) is 33.9. The molecule has 0 bridgehead atoms. The lowest BCUT2D eigenvalue weighted by Gasteiger charge is -2.50. The minimum atomic E-state index is -5.03. The number of carbonyl (C=O) groups excluding carboxylic acids is 2. The Hall–Kier alpha value is -4.37. The Labute approximate surface area is 292 Å². The molecule has 0 saturated carbocycles. The summed E-state index contributed by atoms with van der Waals surface area (Å²) in [4.78, 5) is 48.4. The molecule has 0 aliphatic carbocycles. The number of nitrogens with one attached hydrogen (secondary N) is 4. The fourth-order valence-corrected chi connectivity index (χ4v) is 7.03. The Balaban J connectivity index is 1.33. The SMILES string of the molecule is CC1(C)CNCC[C@@H]1NC(=N)c1ccc2c(c1)CC[C@H](C(C)(O/N=C(\C(=O)N[C@@H]1C(=O)N(OS(=O)(=O)O)C1(C)C)c1csc(N)n1)C(=O)O)O2. The molecule has 2 amide bonds. The van der Waals surface area contributed by atoms with Crippen molar-refractivity contribution in [2.45, 2.75) is 83.2 Å². The number of ether oxygens (including phenoxy) is 1. The van der Waals surface area contributed by atoms with E-state index in [0.29, 0.717) is 22.8 Å². The van der Waals surface area contributed by atoms with Crippen molar-refractivity contribution in [2.24, 2.45) is 10.6 Å². The molecule has 0 spiro atoms. The normalized spacial score (nSPS) is 24.1. The zero-order valence-electron chi connectivity index (χ0n) is 28.0. The van der Waals surface area contributed by atoms with Crippen molar-refractivity contribution in [3.8, 4) is 5.75 Å². The molecule has 2 aromatic rings. The van der Waals surface area contributed by atoms with E-state index < -0.39 is 57.2 Å². The second kappa shape index (κ2) is 13.4. The number of thiazole rings is 1. The summed E-state index contributed by atoms with van der Waals surface area (Å²) in [6, 6.07) is 4.02. The van der Waals surface area contributed by atoms with Crippen molar-refractivity contribution in [3.05, 3.63) is 40.4 Å². The quantitative estimate of drug-likeness (QED) is 0.0554. The summed E-state index contributed by atoms with van der Waals surface area (Å²) in [6.07, 6.45) is 0.392. The summed E-state index contributed by atoms with van der Waals surface area (Å²) in [5.41, 5.74) is 3.01. The van der Waals surface area contributed by atoms with Crippen LogP contribution in [0.3, 0.4) is 0 Å². The van der Waals surface area contributed by atoms with E-state index in [1.165, 1.54) is 26.2 Å². The van der Waals surface area contributed by atoms with Gasteiger partial charge in [0.1, 0.15) is 23.3 Å². The van der Waals surface area contributed by atoms with Gasteiger partial charge in [0.15, 0.2) is 16.9 Å². The first kappa shape index (κ1) is 36.9. The van der Waals surface area contributed by atoms with Crippen LogP contribution in [0.2, 0.25) is 0 Å². The maximum atomic E-state index is 13.5. The van der Waals surface area contributed by atoms with Gasteiger partial charge in [-0.25, -0.2) is 9.78 Å². The molecular weight excluding hydrogens is 697 g/mol. The zero-order chi connectivity index (χ0) is 36.8. The van der Waals surface area contributed by atoms with Crippen LogP contribution in [0.1, 0.15) is 64.3 Å². The highest BCUT2D eigenvalue weighted by atomic mass is 32.3.